The molecule has 0 saturated heterocycles. The Hall–Kier alpha value is -15.3. The predicted molar refractivity (Wildman–Crippen MR) is 621 cm³/mol. The number of benzene rings is 18. The SMILES string of the molecule is CP(C)c1cccc2cccnc12.c1ccc(P(c2ccccc2)c2ccc3ccccc3c2-c2nccc3ccccc23)cc1.c1ccc(P(c2ccccc2)c2cccc3cccnc23)cc1.c1ccc(P(c2ccccc2)c2ccccc2-c2ccccn2)cc1.c1ccc(P(c2ccccc2)c2ccccc2-c2nccc3ccccc23)cc1.c1ccc(P(c2ccccc2)c2ccccn2)cc1. The first-order chi connectivity index (χ1) is 70.4. The molecule has 18 aromatic carbocycles. The van der Waals surface area contributed by atoms with Gasteiger partial charge in [-0.3, -0.25) is 29.9 Å². The average molecular weight is 1930 g/mol. The molecule has 6 heterocycles. The van der Waals surface area contributed by atoms with E-state index in [9.17, 15) is 0 Å². The average Bonchev–Trinajstić information content (AvgIpc) is 0.746. The van der Waals surface area contributed by atoms with E-state index in [4.69, 9.17) is 9.97 Å². The minimum atomic E-state index is -0.759. The third-order valence-electron chi connectivity index (χ3n) is 24.2. The highest BCUT2D eigenvalue weighted by Gasteiger charge is 2.28. The van der Waals surface area contributed by atoms with Crippen molar-refractivity contribution in [3.8, 4) is 33.8 Å². The van der Waals surface area contributed by atoms with E-state index in [0.717, 1.165) is 28.0 Å². The summed E-state index contributed by atoms with van der Waals surface area (Å²) in [6.07, 6.45) is 11.3. The number of hydrogen-bond acceptors (Lipinski definition) is 6. The van der Waals surface area contributed by atoms with E-state index in [0.29, 0.717) is 0 Å². The molecule has 0 amide bonds. The second-order valence-corrected chi connectivity index (χ2v) is 46.7. The van der Waals surface area contributed by atoms with Crippen LogP contribution in [0.3, 0.4) is 0 Å². The first kappa shape index (κ1) is 95.6. The molecule has 0 bridgehead atoms. The van der Waals surface area contributed by atoms with Crippen LogP contribution in [-0.2, 0) is 0 Å². The standard InChI is InChI=1S/C31H22NP.C27H20NP.C23H18NP.C21H16NP.C17H14NP.C11H12NP/c1-3-13-25(14-4-1)33(26-15-5-2-6-16-26)29-20-19-23-11-7-9-17-27(23)30(29)31-28-18-10-8-12-24(28)21-22-32-31;1-3-12-22(13-4-1)29(23-14-5-2-6-15-23)26-18-10-9-17-25(26)27-24-16-8-7-11-21(24)19-20-28-27;1-3-11-19(12-4-1)25(20-13-5-2-6-14-20)23-17-8-7-15-21(23)22-16-9-10-18-24-22;1-3-11-18(12-4-1)23(19-13-5-2-6-14-19)20-15-7-9-17-10-8-16-22-21(17)20;1-3-9-15(10-4-1)19(16-11-5-2-6-12-16)17-13-7-8-14-18-17;1-13(2)10-7-3-5-9-6-4-8-12-11(9)10/h1-22H;1-20H;1-18H;1-16H;1-14H;3-8H,1-2H3. The van der Waals surface area contributed by atoms with Crippen molar-refractivity contribution in [1.29, 1.82) is 0 Å². The van der Waals surface area contributed by atoms with Crippen molar-refractivity contribution in [2.24, 2.45) is 0 Å². The highest BCUT2D eigenvalue weighted by molar-refractivity contribution is 7.81. The van der Waals surface area contributed by atoms with Gasteiger partial charge in [0.05, 0.1) is 33.6 Å². The van der Waals surface area contributed by atoms with E-state index < -0.39 is 39.6 Å². The van der Waals surface area contributed by atoms with Gasteiger partial charge >= 0.3 is 0 Å². The van der Waals surface area contributed by atoms with Gasteiger partial charge in [-0.05, 0) is 184 Å². The van der Waals surface area contributed by atoms with Gasteiger partial charge in [0.15, 0.2) is 0 Å². The maximum atomic E-state index is 4.97. The Morgan fingerprint density at radius 3 is 0.852 bits per heavy atom. The van der Waals surface area contributed by atoms with Gasteiger partial charge in [0.2, 0.25) is 0 Å². The van der Waals surface area contributed by atoms with Crippen LogP contribution in [0, 0.1) is 0 Å². The summed E-state index contributed by atoms with van der Waals surface area (Å²) >= 11 is 0. The van der Waals surface area contributed by atoms with E-state index in [1.807, 2.05) is 67.5 Å². The van der Waals surface area contributed by atoms with Crippen LogP contribution >= 0.6 is 47.5 Å². The lowest BCUT2D eigenvalue weighted by Crippen LogP contribution is -2.22. The van der Waals surface area contributed by atoms with Crippen LogP contribution in [0.15, 0.2) is 583 Å². The summed E-state index contributed by atoms with van der Waals surface area (Å²) in [6.45, 7) is 4.53. The van der Waals surface area contributed by atoms with Gasteiger partial charge < -0.3 is 0 Å². The van der Waals surface area contributed by atoms with E-state index in [1.54, 1.807) is 0 Å². The molecule has 24 aromatic rings. The van der Waals surface area contributed by atoms with Crippen molar-refractivity contribution in [3.05, 3.63) is 583 Å². The predicted octanol–water partition coefficient (Wildman–Crippen LogP) is 26.4. The molecule has 24 rings (SSSR count). The molecule has 0 unspecified atom stereocenters. The number of fused-ring (bicyclic) bond motifs is 5. The number of aromatic nitrogens is 6. The molecule has 0 radical (unpaired) electrons. The number of rotatable bonds is 19. The van der Waals surface area contributed by atoms with Crippen molar-refractivity contribution in [1.82, 2.24) is 29.9 Å². The molecule has 0 fully saturated rings. The molecule has 142 heavy (non-hydrogen) atoms. The molecular formula is C130H102N6P6. The normalized spacial score (nSPS) is 11.0. The minimum Gasteiger partial charge on any atom is -0.256 e. The van der Waals surface area contributed by atoms with E-state index in [1.165, 1.54) is 145 Å². The maximum Gasteiger partial charge on any atom is 0.0793 e. The first-order valence-electron chi connectivity index (χ1n) is 47.5. The second kappa shape index (κ2) is 48.6. The summed E-state index contributed by atoms with van der Waals surface area (Å²) < 4.78 is 0. The van der Waals surface area contributed by atoms with Crippen molar-refractivity contribution in [2.45, 2.75) is 0 Å². The van der Waals surface area contributed by atoms with Gasteiger partial charge in [0.1, 0.15) is 0 Å². The second-order valence-electron chi connectivity index (χ2n) is 33.5. The van der Waals surface area contributed by atoms with Crippen LogP contribution < -0.4 is 85.0 Å². The van der Waals surface area contributed by atoms with Crippen LogP contribution in [0.4, 0.5) is 0 Å². The third-order valence-corrected chi connectivity index (χ3v) is 37.8. The van der Waals surface area contributed by atoms with Crippen molar-refractivity contribution < 1.29 is 0 Å². The van der Waals surface area contributed by atoms with Gasteiger partial charge in [0.25, 0.3) is 0 Å². The Kier molecular flexibility index (Phi) is 32.7. The highest BCUT2D eigenvalue weighted by Crippen LogP contribution is 2.44. The number of nitrogens with zero attached hydrogens (tertiary/aromatic N) is 6. The van der Waals surface area contributed by atoms with Gasteiger partial charge in [-0.25, -0.2) is 0 Å². The Labute approximate surface area is 840 Å². The zero-order valence-electron chi connectivity index (χ0n) is 78.8. The largest absolute Gasteiger partial charge is 0.256 e. The number of hydrogen-bond donors (Lipinski definition) is 0. The topological polar surface area (TPSA) is 77.3 Å². The van der Waals surface area contributed by atoms with E-state index in [-0.39, 0.29) is 7.92 Å². The molecule has 0 atom stereocenters. The maximum absolute atomic E-state index is 4.97. The molecule has 0 aliphatic heterocycles. The number of pyridine rings is 6. The van der Waals surface area contributed by atoms with Gasteiger partial charge in [0, 0.05) is 93.9 Å². The van der Waals surface area contributed by atoms with Crippen molar-refractivity contribution in [3.63, 3.8) is 0 Å². The van der Waals surface area contributed by atoms with Crippen LogP contribution in [-0.4, -0.2) is 43.2 Å². The fraction of sp³-hybridized carbons (Fsp3) is 0.0154. The van der Waals surface area contributed by atoms with Crippen molar-refractivity contribution in [2.75, 3.05) is 13.3 Å². The summed E-state index contributed by atoms with van der Waals surface area (Å²) in [5, 5.41) is 29.9. The van der Waals surface area contributed by atoms with Crippen LogP contribution in [0.25, 0.3) is 87.9 Å². The lowest BCUT2D eigenvalue weighted by Gasteiger charge is -2.24. The van der Waals surface area contributed by atoms with Gasteiger partial charge in [-0.15, -0.1) is 0 Å². The van der Waals surface area contributed by atoms with Gasteiger partial charge in [-0.2, -0.15) is 0 Å². The number of para-hydroxylation sites is 2. The molecule has 12 heteroatoms. The van der Waals surface area contributed by atoms with Gasteiger partial charge in [-0.1, -0.05) is 505 Å². The summed E-state index contributed by atoms with van der Waals surface area (Å²) in [5.41, 5.74) is 10.2. The van der Waals surface area contributed by atoms with Crippen LogP contribution in [0.2, 0.25) is 0 Å². The molecular weight excluding hydrogens is 1830 g/mol. The molecule has 0 saturated carbocycles. The fourth-order valence-corrected chi connectivity index (χ4v) is 30.7. The Bertz CT molecular complexity index is 7860. The quantitative estimate of drug-likeness (QED) is 0.0751. The Morgan fingerprint density at radius 2 is 0.444 bits per heavy atom. The minimum absolute atomic E-state index is 0.0579. The third kappa shape index (κ3) is 23.2. The molecule has 682 valence electrons. The van der Waals surface area contributed by atoms with E-state index in [2.05, 4.69) is 549 Å². The fourth-order valence-electron chi connectivity index (χ4n) is 17.7. The van der Waals surface area contributed by atoms with Crippen LogP contribution in [0.5, 0.6) is 0 Å². The molecule has 0 spiro atoms. The molecule has 6 aromatic heterocycles. The van der Waals surface area contributed by atoms with Crippen LogP contribution in [0.1, 0.15) is 0 Å². The highest BCUT2D eigenvalue weighted by atomic mass is 31.1. The molecule has 0 aliphatic carbocycles. The van der Waals surface area contributed by atoms with Crippen molar-refractivity contribution >= 4 is 187 Å². The molecule has 0 aliphatic rings. The Balaban J connectivity index is 0.000000110. The summed E-state index contributed by atoms with van der Waals surface area (Å²) in [4.78, 5) is 28.0. The Morgan fingerprint density at radius 1 is 0.155 bits per heavy atom. The zero-order valence-corrected chi connectivity index (χ0v) is 84.2. The molecule has 0 N–H and O–H groups in total. The summed E-state index contributed by atoms with van der Waals surface area (Å²) in [7, 11) is -3.30. The monoisotopic (exact) mass is 1930 g/mol. The zero-order chi connectivity index (χ0) is 96.1. The smallest absolute Gasteiger partial charge is 0.0793 e. The molecule has 6 nitrogen and oxygen atoms in total. The van der Waals surface area contributed by atoms with E-state index >= 15 is 0 Å². The lowest BCUT2D eigenvalue weighted by atomic mass is 9.98. The summed E-state index contributed by atoms with van der Waals surface area (Å²) in [5.74, 6) is 0. The lowest BCUT2D eigenvalue weighted by molar-refractivity contribution is 1.33. The first-order valence-corrected chi connectivity index (χ1v) is 56.4. The summed E-state index contributed by atoms with van der Waals surface area (Å²) in [6, 6.07) is 193.